The number of quaternary nitrogens is 1. The number of fused-ring (bicyclic) bond motifs is 1. The molecule has 0 saturated heterocycles. The fourth-order valence-corrected chi connectivity index (χ4v) is 4.62. The highest BCUT2D eigenvalue weighted by Gasteiger charge is 2.47. The standard InChI is InChI=1S/C12H21N/c13-8-12-2-1-9-3-10(6-12)5-11(4-9)7-12/h9-11H,1-8,13H2/p+1. The van der Waals surface area contributed by atoms with Crippen molar-refractivity contribution in [2.75, 3.05) is 6.54 Å². The van der Waals surface area contributed by atoms with E-state index in [1.807, 2.05) is 0 Å². The lowest BCUT2D eigenvalue weighted by molar-refractivity contribution is -0.397. The molecule has 4 bridgehead atoms. The number of hydrogen-bond acceptors (Lipinski definition) is 0. The molecular formula is C12H22N+. The summed E-state index contributed by atoms with van der Waals surface area (Å²) in [7, 11) is 0. The quantitative estimate of drug-likeness (QED) is 0.637. The minimum absolute atomic E-state index is 0.707. The van der Waals surface area contributed by atoms with Crippen molar-refractivity contribution in [3.63, 3.8) is 0 Å². The molecule has 0 aromatic heterocycles. The molecule has 4 fully saturated rings. The van der Waals surface area contributed by atoms with Crippen LogP contribution >= 0.6 is 0 Å². The van der Waals surface area contributed by atoms with Gasteiger partial charge >= 0.3 is 0 Å². The Morgan fingerprint density at radius 3 is 2.23 bits per heavy atom. The summed E-state index contributed by atoms with van der Waals surface area (Å²) in [6, 6.07) is 0. The summed E-state index contributed by atoms with van der Waals surface area (Å²) in [5.74, 6) is 3.31. The largest absolute Gasteiger partial charge is 0.357 e. The van der Waals surface area contributed by atoms with E-state index in [-0.39, 0.29) is 0 Å². The zero-order chi connectivity index (χ0) is 8.89. The molecule has 1 heteroatoms. The van der Waals surface area contributed by atoms with Crippen molar-refractivity contribution in [1.29, 1.82) is 0 Å². The summed E-state index contributed by atoms with van der Waals surface area (Å²) in [6.45, 7) is 1.22. The van der Waals surface area contributed by atoms with Gasteiger partial charge in [-0.2, -0.15) is 0 Å². The van der Waals surface area contributed by atoms with Crippen molar-refractivity contribution in [3.05, 3.63) is 0 Å². The van der Waals surface area contributed by atoms with E-state index >= 15 is 0 Å². The van der Waals surface area contributed by atoms with Crippen LogP contribution in [0.5, 0.6) is 0 Å². The maximum absolute atomic E-state index is 4.22. The molecule has 0 aliphatic heterocycles. The Morgan fingerprint density at radius 1 is 1.00 bits per heavy atom. The minimum Gasteiger partial charge on any atom is -0.357 e. The zero-order valence-electron chi connectivity index (χ0n) is 8.60. The third kappa shape index (κ3) is 1.24. The molecule has 0 aromatic carbocycles. The second-order valence-electron chi connectivity index (χ2n) is 6.00. The normalized spacial score (nSPS) is 53.8. The molecule has 2 atom stereocenters. The van der Waals surface area contributed by atoms with Crippen LogP contribution < -0.4 is 5.73 Å². The van der Waals surface area contributed by atoms with E-state index in [1.54, 1.807) is 19.3 Å². The molecule has 0 aromatic rings. The second kappa shape index (κ2) is 2.73. The molecule has 4 saturated carbocycles. The lowest BCUT2D eigenvalue weighted by atomic mass is 9.61. The predicted molar refractivity (Wildman–Crippen MR) is 53.0 cm³/mol. The van der Waals surface area contributed by atoms with Gasteiger partial charge in [-0.3, -0.25) is 0 Å². The van der Waals surface area contributed by atoms with Crippen LogP contribution in [0, 0.1) is 23.2 Å². The molecule has 4 rings (SSSR count). The predicted octanol–water partition coefficient (Wildman–Crippen LogP) is 1.83. The van der Waals surface area contributed by atoms with Gasteiger partial charge < -0.3 is 5.73 Å². The van der Waals surface area contributed by atoms with Gasteiger partial charge in [0.2, 0.25) is 0 Å². The highest BCUT2D eigenvalue weighted by atomic mass is 14.6. The summed E-state index contributed by atoms with van der Waals surface area (Å²) in [5, 5.41) is 0. The van der Waals surface area contributed by atoms with Gasteiger partial charge in [0.25, 0.3) is 0 Å². The van der Waals surface area contributed by atoms with E-state index in [0.29, 0.717) is 5.41 Å². The van der Waals surface area contributed by atoms with Gasteiger partial charge in [-0.1, -0.05) is 0 Å². The lowest BCUT2D eigenvalue weighted by Gasteiger charge is -2.43. The van der Waals surface area contributed by atoms with Gasteiger partial charge in [-0.15, -0.1) is 0 Å². The molecule has 74 valence electrons. The summed E-state index contributed by atoms with van der Waals surface area (Å²) >= 11 is 0. The van der Waals surface area contributed by atoms with Crippen molar-refractivity contribution in [2.24, 2.45) is 23.2 Å². The zero-order valence-corrected chi connectivity index (χ0v) is 8.60. The van der Waals surface area contributed by atoms with Crippen LogP contribution in [0.3, 0.4) is 0 Å². The second-order valence-corrected chi connectivity index (χ2v) is 6.00. The third-order valence-electron chi connectivity index (χ3n) is 5.06. The van der Waals surface area contributed by atoms with Crippen LogP contribution in [-0.4, -0.2) is 6.54 Å². The first-order valence-corrected chi connectivity index (χ1v) is 6.09. The molecule has 4 aliphatic rings. The van der Waals surface area contributed by atoms with E-state index in [9.17, 15) is 0 Å². The Bertz CT molecular complexity index is 197. The third-order valence-corrected chi connectivity index (χ3v) is 5.06. The summed E-state index contributed by atoms with van der Waals surface area (Å²) in [4.78, 5) is 0. The first kappa shape index (κ1) is 8.28. The Balaban J connectivity index is 1.92. The van der Waals surface area contributed by atoms with Crippen molar-refractivity contribution in [1.82, 2.24) is 0 Å². The van der Waals surface area contributed by atoms with Gasteiger partial charge in [0.15, 0.2) is 0 Å². The maximum Gasteiger partial charge on any atom is 0.0797 e. The Morgan fingerprint density at radius 2 is 1.62 bits per heavy atom. The molecule has 0 spiro atoms. The van der Waals surface area contributed by atoms with Crippen molar-refractivity contribution < 1.29 is 5.73 Å². The molecule has 3 N–H and O–H groups in total. The summed E-state index contributed by atoms with van der Waals surface area (Å²) in [5.41, 5.74) is 4.92. The van der Waals surface area contributed by atoms with Crippen LogP contribution in [0.15, 0.2) is 0 Å². The van der Waals surface area contributed by atoms with Crippen LogP contribution in [0.1, 0.15) is 44.9 Å². The van der Waals surface area contributed by atoms with E-state index in [2.05, 4.69) is 5.73 Å². The van der Waals surface area contributed by atoms with Crippen molar-refractivity contribution in [2.45, 2.75) is 44.9 Å². The molecule has 0 heterocycles. The average molecular weight is 180 g/mol. The molecule has 1 nitrogen and oxygen atoms in total. The molecule has 4 aliphatic carbocycles. The first-order valence-electron chi connectivity index (χ1n) is 6.09. The van der Waals surface area contributed by atoms with Gasteiger partial charge in [-0.25, -0.2) is 0 Å². The van der Waals surface area contributed by atoms with Gasteiger partial charge in [0.1, 0.15) is 0 Å². The molecule has 0 radical (unpaired) electrons. The molecule has 2 unspecified atom stereocenters. The van der Waals surface area contributed by atoms with Crippen LogP contribution in [0.4, 0.5) is 0 Å². The highest BCUT2D eigenvalue weighted by Crippen LogP contribution is 2.56. The van der Waals surface area contributed by atoms with E-state index < -0.39 is 0 Å². The summed E-state index contributed by atoms with van der Waals surface area (Å²) < 4.78 is 0. The molecule has 13 heavy (non-hydrogen) atoms. The Hall–Kier alpha value is -0.0400. The highest BCUT2D eigenvalue weighted by molar-refractivity contribution is 4.97. The maximum atomic E-state index is 4.22. The smallest absolute Gasteiger partial charge is 0.0797 e. The van der Waals surface area contributed by atoms with Crippen LogP contribution in [-0.2, 0) is 0 Å². The van der Waals surface area contributed by atoms with E-state index in [4.69, 9.17) is 0 Å². The number of rotatable bonds is 1. The average Bonchev–Trinajstić information content (AvgIpc) is 2.32. The topological polar surface area (TPSA) is 27.6 Å². The van der Waals surface area contributed by atoms with Crippen molar-refractivity contribution >= 4 is 0 Å². The van der Waals surface area contributed by atoms with Gasteiger partial charge in [-0.05, 0) is 62.7 Å². The van der Waals surface area contributed by atoms with Gasteiger partial charge in [0.05, 0.1) is 6.54 Å². The Labute approximate surface area is 81.1 Å². The fraction of sp³-hybridized carbons (Fsp3) is 1.00. The van der Waals surface area contributed by atoms with E-state index in [0.717, 1.165) is 17.8 Å². The minimum atomic E-state index is 0.707. The van der Waals surface area contributed by atoms with Crippen LogP contribution in [0.25, 0.3) is 0 Å². The molecular weight excluding hydrogens is 158 g/mol. The summed E-state index contributed by atoms with van der Waals surface area (Å²) in [6.07, 6.45) is 10.8. The fourth-order valence-electron chi connectivity index (χ4n) is 4.62. The SMILES string of the molecule is [NH3+]CC12CCC3CC(CC(C3)C1)C2. The molecule has 0 amide bonds. The monoisotopic (exact) mass is 180 g/mol. The first-order chi connectivity index (χ1) is 6.30. The number of hydrogen-bond donors (Lipinski definition) is 1. The van der Waals surface area contributed by atoms with Crippen LogP contribution in [0.2, 0.25) is 0 Å². The van der Waals surface area contributed by atoms with E-state index in [1.165, 1.54) is 32.2 Å². The lowest BCUT2D eigenvalue weighted by Crippen LogP contribution is -2.59. The van der Waals surface area contributed by atoms with Gasteiger partial charge in [0, 0.05) is 5.41 Å². The van der Waals surface area contributed by atoms with Crippen molar-refractivity contribution in [3.8, 4) is 0 Å². The Kier molecular flexibility index (Phi) is 1.74.